The van der Waals surface area contributed by atoms with Crippen LogP contribution in [0.4, 0.5) is 0 Å². The highest BCUT2D eigenvalue weighted by molar-refractivity contribution is 7.27. The van der Waals surface area contributed by atoms with Crippen molar-refractivity contribution < 1.29 is 0 Å². The summed E-state index contributed by atoms with van der Waals surface area (Å²) < 4.78 is 0. The van der Waals surface area contributed by atoms with Gasteiger partial charge in [0.15, 0.2) is 0 Å². The Morgan fingerprint density at radius 1 is 1.25 bits per heavy atom. The van der Waals surface area contributed by atoms with Gasteiger partial charge in [-0.2, -0.15) is 0 Å². The van der Waals surface area contributed by atoms with E-state index >= 15 is 0 Å². The minimum absolute atomic E-state index is 1.06. The number of aromatic amines is 1. The Balaban J connectivity index is 2.80. The van der Waals surface area contributed by atoms with Crippen molar-refractivity contribution in [2.75, 3.05) is 0 Å². The molecular formula is C10H16NP. The first-order chi connectivity index (χ1) is 5.79. The van der Waals surface area contributed by atoms with E-state index < -0.39 is 0 Å². The third-order valence-corrected chi connectivity index (χ3v) is 2.47. The maximum absolute atomic E-state index is 4.39. The maximum Gasteiger partial charge on any atom is 0.0522 e. The first-order valence-corrected chi connectivity index (χ1v) is 5.12. The molecule has 0 amide bonds. The summed E-state index contributed by atoms with van der Waals surface area (Å²) in [4.78, 5) is 3.17. The summed E-state index contributed by atoms with van der Waals surface area (Å²) in [7, 11) is 4.39. The Kier molecular flexibility index (Phi) is 3.81. The molecule has 1 nitrogen and oxygen atoms in total. The molecule has 0 spiro atoms. The molecule has 1 aromatic rings. The van der Waals surface area contributed by atoms with Crippen LogP contribution in [0.15, 0.2) is 6.20 Å². The van der Waals surface area contributed by atoms with Crippen molar-refractivity contribution in [2.24, 2.45) is 0 Å². The lowest BCUT2D eigenvalue weighted by molar-refractivity contribution is 0.872. The second-order valence-electron chi connectivity index (χ2n) is 3.14. The molecule has 0 atom stereocenters. The van der Waals surface area contributed by atoms with E-state index in [1.165, 1.54) is 30.4 Å². The molecule has 1 heterocycles. The zero-order chi connectivity index (χ0) is 8.97. The average Bonchev–Trinajstić information content (AvgIpc) is 2.37. The van der Waals surface area contributed by atoms with Crippen molar-refractivity contribution in [3.8, 4) is 0 Å². The van der Waals surface area contributed by atoms with Gasteiger partial charge in [-0.3, -0.25) is 0 Å². The topological polar surface area (TPSA) is 15.8 Å². The van der Waals surface area contributed by atoms with Crippen molar-refractivity contribution >= 4 is 14.7 Å². The van der Waals surface area contributed by atoms with Gasteiger partial charge in [0.2, 0.25) is 0 Å². The zero-order valence-electron chi connectivity index (χ0n) is 7.85. The van der Waals surface area contributed by atoms with Crippen molar-refractivity contribution in [2.45, 2.75) is 39.5 Å². The summed E-state index contributed by atoms with van der Waals surface area (Å²) in [5.41, 5.74) is 3.92. The second kappa shape index (κ2) is 4.67. The molecule has 1 N–H and O–H groups in total. The van der Waals surface area contributed by atoms with Crippen LogP contribution in [0.3, 0.4) is 0 Å². The summed E-state index contributed by atoms with van der Waals surface area (Å²) >= 11 is 0. The number of hydrogen-bond acceptors (Lipinski definition) is 0. The Labute approximate surface area is 77.2 Å². The molecule has 0 bridgehead atoms. The van der Waals surface area contributed by atoms with Gasteiger partial charge in [-0.05, 0) is 24.0 Å². The van der Waals surface area contributed by atoms with Crippen LogP contribution < -0.4 is 5.44 Å². The highest BCUT2D eigenvalue weighted by Crippen LogP contribution is 2.12. The normalized spacial score (nSPS) is 10.6. The molecule has 0 unspecified atom stereocenters. The van der Waals surface area contributed by atoms with E-state index in [0.717, 1.165) is 11.9 Å². The molecule has 0 aliphatic carbocycles. The minimum Gasteiger partial charge on any atom is -0.360 e. The fourth-order valence-corrected chi connectivity index (χ4v) is 1.82. The molecule has 0 saturated carbocycles. The van der Waals surface area contributed by atoms with E-state index in [4.69, 9.17) is 0 Å². The van der Waals surface area contributed by atoms with Crippen LogP contribution in [0.2, 0.25) is 0 Å². The van der Waals surface area contributed by atoms with Gasteiger partial charge < -0.3 is 4.98 Å². The lowest BCUT2D eigenvalue weighted by Crippen LogP contribution is -2.00. The summed E-state index contributed by atoms with van der Waals surface area (Å²) in [5, 5.41) is 0. The highest BCUT2D eigenvalue weighted by atomic mass is 31.0. The van der Waals surface area contributed by atoms with Crippen LogP contribution in [-0.4, -0.2) is 4.98 Å². The van der Waals surface area contributed by atoms with Crippen LogP contribution in [0.5, 0.6) is 0 Å². The monoisotopic (exact) mass is 181 g/mol. The summed E-state index contributed by atoms with van der Waals surface area (Å²) in [6.07, 6.45) is 6.82. The fourth-order valence-electron chi connectivity index (χ4n) is 1.50. The molecule has 0 aliphatic heterocycles. The van der Waals surface area contributed by atoms with Crippen molar-refractivity contribution in [3.63, 3.8) is 0 Å². The molecule has 2 radical (unpaired) electrons. The Morgan fingerprint density at radius 3 is 2.50 bits per heavy atom. The van der Waals surface area contributed by atoms with Crippen molar-refractivity contribution in [3.05, 3.63) is 17.3 Å². The SMILES string of the molecule is CCCc1c[nH]c([P])c1CCC. The van der Waals surface area contributed by atoms with Crippen LogP contribution in [0, 0.1) is 0 Å². The molecule has 1 rings (SSSR count). The summed E-state index contributed by atoms with van der Waals surface area (Å²) in [6, 6.07) is 0. The fraction of sp³-hybridized carbons (Fsp3) is 0.600. The van der Waals surface area contributed by atoms with E-state index in [9.17, 15) is 0 Å². The van der Waals surface area contributed by atoms with E-state index in [-0.39, 0.29) is 0 Å². The van der Waals surface area contributed by atoms with Gasteiger partial charge in [-0.25, -0.2) is 0 Å². The predicted molar refractivity (Wildman–Crippen MR) is 55.3 cm³/mol. The number of aryl methyl sites for hydroxylation is 1. The van der Waals surface area contributed by atoms with Crippen LogP contribution in [0.25, 0.3) is 0 Å². The molecular weight excluding hydrogens is 165 g/mol. The second-order valence-corrected chi connectivity index (χ2v) is 3.59. The van der Waals surface area contributed by atoms with Gasteiger partial charge in [0.05, 0.1) is 5.44 Å². The molecule has 2 heteroatoms. The number of hydrogen-bond donors (Lipinski definition) is 1. The van der Waals surface area contributed by atoms with E-state index in [1.807, 2.05) is 0 Å². The van der Waals surface area contributed by atoms with E-state index in [2.05, 4.69) is 34.3 Å². The largest absolute Gasteiger partial charge is 0.360 e. The molecule has 0 aromatic carbocycles. The van der Waals surface area contributed by atoms with E-state index in [1.54, 1.807) is 0 Å². The first-order valence-electron chi connectivity index (χ1n) is 4.67. The number of aromatic nitrogens is 1. The molecule has 0 aliphatic rings. The molecule has 66 valence electrons. The molecule has 0 saturated heterocycles. The van der Waals surface area contributed by atoms with Gasteiger partial charge in [-0.1, -0.05) is 26.7 Å². The van der Waals surface area contributed by atoms with Gasteiger partial charge in [-0.15, -0.1) is 0 Å². The van der Waals surface area contributed by atoms with Crippen molar-refractivity contribution in [1.82, 2.24) is 4.98 Å². The summed E-state index contributed by atoms with van der Waals surface area (Å²) in [5.74, 6) is 0. The van der Waals surface area contributed by atoms with Crippen LogP contribution in [-0.2, 0) is 12.8 Å². The van der Waals surface area contributed by atoms with Crippen LogP contribution in [0.1, 0.15) is 37.8 Å². The molecule has 12 heavy (non-hydrogen) atoms. The zero-order valence-corrected chi connectivity index (χ0v) is 8.75. The minimum atomic E-state index is 1.06. The first kappa shape index (κ1) is 9.80. The lowest BCUT2D eigenvalue weighted by atomic mass is 10.1. The Hall–Kier alpha value is -0.290. The van der Waals surface area contributed by atoms with Gasteiger partial charge in [0, 0.05) is 15.4 Å². The van der Waals surface area contributed by atoms with Gasteiger partial charge >= 0.3 is 0 Å². The lowest BCUT2D eigenvalue weighted by Gasteiger charge is -2.01. The maximum atomic E-state index is 4.39. The van der Waals surface area contributed by atoms with Gasteiger partial charge in [0.1, 0.15) is 0 Å². The molecule has 0 fully saturated rings. The smallest absolute Gasteiger partial charge is 0.0522 e. The average molecular weight is 181 g/mol. The number of rotatable bonds is 4. The Morgan fingerprint density at radius 2 is 1.92 bits per heavy atom. The third-order valence-electron chi connectivity index (χ3n) is 2.08. The number of nitrogens with one attached hydrogen (secondary N) is 1. The number of H-pyrrole nitrogens is 1. The third kappa shape index (κ3) is 2.10. The summed E-state index contributed by atoms with van der Waals surface area (Å²) in [6.45, 7) is 4.41. The highest BCUT2D eigenvalue weighted by Gasteiger charge is 2.06. The quantitative estimate of drug-likeness (QED) is 0.687. The van der Waals surface area contributed by atoms with Crippen LogP contribution >= 0.6 is 9.24 Å². The predicted octanol–water partition coefficient (Wildman–Crippen LogP) is 2.96. The van der Waals surface area contributed by atoms with E-state index in [0.29, 0.717) is 0 Å². The van der Waals surface area contributed by atoms with Crippen molar-refractivity contribution in [1.29, 1.82) is 0 Å². The Bertz CT molecular complexity index is 240. The van der Waals surface area contributed by atoms with Gasteiger partial charge in [0.25, 0.3) is 0 Å². The molecule has 1 aromatic heterocycles. The standard InChI is InChI=1S/C10H16NP/c1-3-5-8-7-11-10(12)9(8)6-4-2/h7,11H,3-6H2,1-2H3.